The van der Waals surface area contributed by atoms with Crippen molar-refractivity contribution in [3.63, 3.8) is 0 Å². The van der Waals surface area contributed by atoms with Gasteiger partial charge in [-0.15, -0.1) is 0 Å². The Morgan fingerprint density at radius 1 is 0.275 bits per heavy atom. The predicted molar refractivity (Wildman–Crippen MR) is 416 cm³/mol. The van der Waals surface area contributed by atoms with E-state index in [1.165, 1.54) is 44.5 Å². The molecule has 4 aromatic heterocycles. The molecule has 21 rings (SSSR count). The van der Waals surface area contributed by atoms with Gasteiger partial charge in [0.05, 0.1) is 80.1 Å². The van der Waals surface area contributed by atoms with Gasteiger partial charge in [0, 0.05) is 82.1 Å². The Morgan fingerprint density at radius 2 is 0.520 bits per heavy atom. The fraction of sp³-hybridized carbons (Fsp3) is 0.130. The number of hydrogen-bond donors (Lipinski definition) is 0. The van der Waals surface area contributed by atoms with Gasteiger partial charge in [0.25, 0.3) is 0 Å². The van der Waals surface area contributed by atoms with Crippen molar-refractivity contribution in [2.45, 2.75) is 75.0 Å². The van der Waals surface area contributed by atoms with Gasteiger partial charge >= 0.3 is 0 Å². The molecule has 102 heavy (non-hydrogen) atoms. The van der Waals surface area contributed by atoms with Crippen LogP contribution in [-0.2, 0) is 33.5 Å². The van der Waals surface area contributed by atoms with E-state index >= 15 is 0 Å². The lowest BCUT2D eigenvalue weighted by atomic mass is 9.66. The lowest BCUT2D eigenvalue weighted by Gasteiger charge is -2.43. The highest BCUT2D eigenvalue weighted by atomic mass is 79.9. The number of anilines is 6. The highest BCUT2D eigenvalue weighted by molar-refractivity contribution is 9.10. The van der Waals surface area contributed by atoms with Crippen molar-refractivity contribution in [2.75, 3.05) is 9.80 Å². The molecule has 0 fully saturated rings. The van der Waals surface area contributed by atoms with E-state index in [4.69, 9.17) is 29.4 Å². The van der Waals surface area contributed by atoms with Gasteiger partial charge in [-0.2, -0.15) is 0 Å². The third-order valence-corrected chi connectivity index (χ3v) is 23.5. The van der Waals surface area contributed by atoms with Crippen LogP contribution < -0.4 is 19.3 Å². The molecule has 2 spiro atoms. The van der Waals surface area contributed by atoms with Crippen LogP contribution in [0.2, 0.25) is 0 Å². The number of benzene rings is 10. The van der Waals surface area contributed by atoms with Crippen LogP contribution in [0.4, 0.5) is 34.1 Å². The minimum absolute atomic E-state index is 0.144. The molecule has 7 aliphatic rings. The molecule has 0 atom stereocenters. The van der Waals surface area contributed by atoms with E-state index in [0.717, 1.165) is 140 Å². The zero-order chi connectivity index (χ0) is 69.0. The molecule has 492 valence electrons. The zero-order valence-corrected chi connectivity index (χ0v) is 60.3. The molecule has 14 aromatic rings. The maximum atomic E-state index is 6.76. The van der Waals surface area contributed by atoms with Crippen LogP contribution in [-0.4, -0.2) is 19.9 Å². The number of rotatable bonds is 2. The van der Waals surface area contributed by atoms with Crippen molar-refractivity contribution in [1.29, 1.82) is 0 Å². The number of fused-ring (bicyclic) bond motifs is 24. The first-order chi connectivity index (χ1) is 49.7. The van der Waals surface area contributed by atoms with E-state index < -0.39 is 10.8 Å². The average Bonchev–Trinajstić information content (AvgIpc) is 1.50. The topological polar surface area (TPSA) is 76.5 Å². The number of halogens is 2. The van der Waals surface area contributed by atoms with E-state index in [1.54, 1.807) is 0 Å². The van der Waals surface area contributed by atoms with E-state index in [9.17, 15) is 0 Å². The van der Waals surface area contributed by atoms with Gasteiger partial charge in [0.1, 0.15) is 23.0 Å². The third kappa shape index (κ3) is 8.84. The summed E-state index contributed by atoms with van der Waals surface area (Å²) in [4.78, 5) is 25.2. The van der Waals surface area contributed by atoms with Gasteiger partial charge in [0.15, 0.2) is 0 Å². The Labute approximate surface area is 611 Å². The molecular formula is C92H68Br2N6O2. The molecule has 10 heteroatoms. The number of aromatic nitrogens is 4. The summed E-state index contributed by atoms with van der Waals surface area (Å²) in [6.45, 7) is 14.0. The van der Waals surface area contributed by atoms with Crippen molar-refractivity contribution < 1.29 is 9.47 Å². The van der Waals surface area contributed by atoms with Crippen molar-refractivity contribution in [3.05, 3.63) is 390 Å². The molecule has 0 bridgehead atoms. The maximum absolute atomic E-state index is 6.76. The second-order valence-corrected chi connectivity index (χ2v) is 30.9. The minimum Gasteiger partial charge on any atom is -0.457 e. The number of pyridine rings is 4. The van der Waals surface area contributed by atoms with Crippen molar-refractivity contribution in [1.82, 2.24) is 19.9 Å². The molecule has 10 aromatic carbocycles. The first-order valence-corrected chi connectivity index (χ1v) is 36.5. The number of ether oxygens (including phenoxy) is 2. The van der Waals surface area contributed by atoms with E-state index in [2.05, 4.69) is 326 Å². The molecule has 0 saturated heterocycles. The van der Waals surface area contributed by atoms with Crippen molar-refractivity contribution >= 4 is 66.0 Å². The summed E-state index contributed by atoms with van der Waals surface area (Å²) >= 11 is 7.26. The van der Waals surface area contributed by atoms with E-state index in [0.29, 0.717) is 0 Å². The summed E-state index contributed by atoms with van der Waals surface area (Å²) in [5.41, 5.74) is 28.6. The number of nitrogens with zero attached hydrogens (tertiary/aromatic N) is 6. The second-order valence-electron chi connectivity index (χ2n) is 29.1. The summed E-state index contributed by atoms with van der Waals surface area (Å²) in [5, 5.41) is 0. The van der Waals surface area contributed by atoms with Gasteiger partial charge in [-0.25, -0.2) is 0 Å². The van der Waals surface area contributed by atoms with Gasteiger partial charge in [-0.1, -0.05) is 236 Å². The predicted octanol–water partition coefficient (Wildman–Crippen LogP) is 23.6. The summed E-state index contributed by atoms with van der Waals surface area (Å²) in [6.07, 6.45) is 8.83. The molecule has 3 aliphatic carbocycles. The summed E-state index contributed by atoms with van der Waals surface area (Å²) < 4.78 is 14.9. The Balaban J connectivity index is 0.000000133. The van der Waals surface area contributed by atoms with Crippen molar-refractivity contribution in [3.8, 4) is 45.8 Å². The lowest BCUT2D eigenvalue weighted by Crippen LogP contribution is -2.33. The maximum Gasteiger partial charge on any atom is 0.132 e. The molecule has 8 nitrogen and oxygen atoms in total. The highest BCUT2D eigenvalue weighted by Gasteiger charge is 2.55. The average molecular weight is 1450 g/mol. The van der Waals surface area contributed by atoms with E-state index in [1.807, 2.05) is 49.1 Å². The van der Waals surface area contributed by atoms with Crippen LogP contribution >= 0.6 is 31.9 Å². The van der Waals surface area contributed by atoms with Crippen LogP contribution in [0.25, 0.3) is 22.8 Å². The SMILES string of the molecule is Brc1cnc2c(c1)C1(c3ccccc3Oc3ccccc31)c1cc(Br)cnc1-2.CC1(C)c2ccccc2Cc2ccccc21.CC1(C)c2ccccc2N(c2cnc3c(c2)C2(c4ccccc4Oc4ccccc42)c2cc(N4c5ccccc5C(C)(C)c5ccccc54)cnc2-3)c2ccccc21. The Morgan fingerprint density at radius 3 is 0.843 bits per heavy atom. The summed E-state index contributed by atoms with van der Waals surface area (Å²) in [7, 11) is 0. The Kier molecular flexibility index (Phi) is 14.0. The van der Waals surface area contributed by atoms with Gasteiger partial charge in [-0.05, 0) is 156 Å². The second kappa shape index (κ2) is 23.0. The zero-order valence-electron chi connectivity index (χ0n) is 57.2. The largest absolute Gasteiger partial charge is 0.457 e. The first kappa shape index (κ1) is 62.0. The lowest BCUT2D eigenvalue weighted by molar-refractivity contribution is 0.436. The monoisotopic (exact) mass is 1450 g/mol. The molecule has 0 saturated carbocycles. The third-order valence-electron chi connectivity index (χ3n) is 22.7. The minimum atomic E-state index is -0.774. The Hall–Kier alpha value is -11.0. The van der Waals surface area contributed by atoms with Gasteiger partial charge in [0.2, 0.25) is 0 Å². The fourth-order valence-corrected chi connectivity index (χ4v) is 18.8. The highest BCUT2D eigenvalue weighted by Crippen LogP contribution is 2.65. The van der Waals surface area contributed by atoms with Gasteiger partial charge in [-0.3, -0.25) is 19.9 Å². The smallest absolute Gasteiger partial charge is 0.132 e. The van der Waals surface area contributed by atoms with Gasteiger partial charge < -0.3 is 19.3 Å². The molecule has 8 heterocycles. The standard InChI is InChI=1S/C53H40N4O.C23H12Br2N2O.C16H16/c1-51(2)35-17-5-11-23-43(35)56(44-24-12-6-18-36(44)51)33-29-41-49(54-31-33)50-42(53(41)39-21-9-15-27-47(39)58-48-28-16-10-22-40(48)53)30-34(32-55-50)57-45-25-13-7-19-37(45)52(3,4)38-20-8-14-26-46(38)57;24-13-9-17-21(26-11-13)22-18(10-14(25)12-27-22)23(17)15-5-1-3-7-19(15)28-20-8-4-2-6-16(20)23;1-16(2)14-9-5-3-7-12(14)11-13-8-4-6-10-15(13)16/h5-32H,1-4H3;1-12H;3-10H,11H2,1-2H3. The number of para-hydroxylation sites is 8. The van der Waals surface area contributed by atoms with E-state index in [-0.39, 0.29) is 16.2 Å². The Bertz CT molecular complexity index is 5390. The normalized spacial score (nSPS) is 15.9. The molecule has 0 amide bonds. The number of hydrogen-bond acceptors (Lipinski definition) is 8. The molecular weight excluding hydrogens is 1380 g/mol. The van der Waals surface area contributed by atoms with Crippen LogP contribution in [0, 0.1) is 0 Å². The fourth-order valence-electron chi connectivity index (χ4n) is 18.2. The van der Waals surface area contributed by atoms with Crippen LogP contribution in [0.3, 0.4) is 0 Å². The van der Waals surface area contributed by atoms with Crippen LogP contribution in [0.5, 0.6) is 23.0 Å². The molecule has 0 unspecified atom stereocenters. The van der Waals surface area contributed by atoms with Crippen LogP contribution in [0.1, 0.15) is 131 Å². The summed E-state index contributed by atoms with van der Waals surface area (Å²) in [5.74, 6) is 3.39. The van der Waals surface area contributed by atoms with Crippen molar-refractivity contribution in [2.24, 2.45) is 0 Å². The molecule has 4 aliphatic heterocycles. The summed E-state index contributed by atoms with van der Waals surface area (Å²) in [6, 6.07) is 95.4. The molecule has 0 radical (unpaired) electrons. The van der Waals surface area contributed by atoms with Crippen LogP contribution in [0.15, 0.2) is 301 Å². The molecule has 0 N–H and O–H groups in total. The first-order valence-electron chi connectivity index (χ1n) is 34.9. The quantitative estimate of drug-likeness (QED) is 0.169.